The fraction of sp³-hybridized carbons (Fsp3) is 0.143. The van der Waals surface area contributed by atoms with E-state index in [4.69, 9.17) is 5.11 Å². The van der Waals surface area contributed by atoms with E-state index in [1.165, 1.54) is 0 Å². The van der Waals surface area contributed by atoms with Crippen molar-refractivity contribution < 1.29 is 18.8 Å². The first kappa shape index (κ1) is 9.37. The van der Waals surface area contributed by atoms with Crippen LogP contribution < -0.4 is 0 Å². The molecule has 0 spiro atoms. The van der Waals surface area contributed by atoms with E-state index >= 15 is 0 Å². The minimum Gasteiger partial charge on any atom is -0.502 e. The largest absolute Gasteiger partial charge is 0.502 e. The van der Waals surface area contributed by atoms with Crippen molar-refractivity contribution in [3.8, 4) is 5.75 Å². The van der Waals surface area contributed by atoms with Gasteiger partial charge in [-0.2, -0.15) is 4.39 Å². The smallest absolute Gasteiger partial charge is 0.346 e. The molecule has 0 unspecified atom stereocenters. The number of benzene rings is 1. The van der Waals surface area contributed by atoms with Gasteiger partial charge in [0, 0.05) is 11.6 Å². The van der Waals surface area contributed by atoms with Crippen LogP contribution in [0.5, 0.6) is 5.75 Å². The highest BCUT2D eigenvalue weighted by Crippen LogP contribution is 2.32. The van der Waals surface area contributed by atoms with Crippen LogP contribution in [0, 0.1) is 28.7 Å². The number of hydrogen-bond acceptors (Lipinski definition) is 3. The first-order valence-electron chi connectivity index (χ1n) is 3.27. The van der Waals surface area contributed by atoms with Crippen molar-refractivity contribution in [3.63, 3.8) is 0 Å². The summed E-state index contributed by atoms with van der Waals surface area (Å²) in [4.78, 5) is 9.09. The molecule has 0 heterocycles. The number of nitro benzene ring substituents is 1. The number of aromatic hydroxyl groups is 1. The molecule has 0 aliphatic heterocycles. The fourth-order valence-corrected chi connectivity index (χ4v) is 0.865. The number of hydrogen-bond donors (Lipinski definition) is 1. The zero-order valence-electron chi connectivity index (χ0n) is 6.54. The highest BCUT2D eigenvalue weighted by Gasteiger charge is 2.24. The number of nitrogens with zero attached hydrogens (tertiary/aromatic N) is 1. The molecule has 0 saturated heterocycles. The molecule has 0 atom stereocenters. The van der Waals surface area contributed by atoms with Crippen LogP contribution in [0.15, 0.2) is 6.07 Å². The van der Waals surface area contributed by atoms with Gasteiger partial charge in [-0.1, -0.05) is 0 Å². The van der Waals surface area contributed by atoms with Gasteiger partial charge in [-0.3, -0.25) is 10.1 Å². The van der Waals surface area contributed by atoms with E-state index < -0.39 is 33.6 Å². The summed E-state index contributed by atoms with van der Waals surface area (Å²) in [6, 6.07) is 0.510. The third-order valence-corrected chi connectivity index (χ3v) is 1.58. The summed E-state index contributed by atoms with van der Waals surface area (Å²) in [5, 5.41) is 19.0. The Morgan fingerprint density at radius 1 is 1.54 bits per heavy atom. The predicted molar refractivity (Wildman–Crippen MR) is 39.4 cm³/mol. The lowest BCUT2D eigenvalue weighted by molar-refractivity contribution is -0.388. The zero-order chi connectivity index (χ0) is 10.2. The second kappa shape index (κ2) is 2.96. The first-order valence-corrected chi connectivity index (χ1v) is 3.27. The van der Waals surface area contributed by atoms with Crippen molar-refractivity contribution in [2.24, 2.45) is 0 Å². The molecule has 4 nitrogen and oxygen atoms in total. The number of rotatable bonds is 1. The van der Waals surface area contributed by atoms with Crippen LogP contribution in [-0.4, -0.2) is 10.0 Å². The Labute approximate surface area is 71.6 Å². The lowest BCUT2D eigenvalue weighted by atomic mass is 10.2. The molecule has 13 heavy (non-hydrogen) atoms. The second-order valence-electron chi connectivity index (χ2n) is 2.42. The van der Waals surface area contributed by atoms with Crippen LogP contribution in [0.1, 0.15) is 5.56 Å². The molecule has 70 valence electrons. The van der Waals surface area contributed by atoms with Gasteiger partial charge < -0.3 is 5.11 Å². The average molecular weight is 189 g/mol. The predicted octanol–water partition coefficient (Wildman–Crippen LogP) is 1.89. The molecular weight excluding hydrogens is 184 g/mol. The topological polar surface area (TPSA) is 63.4 Å². The zero-order valence-corrected chi connectivity index (χ0v) is 6.54. The molecule has 0 bridgehead atoms. The summed E-state index contributed by atoms with van der Waals surface area (Å²) < 4.78 is 25.6. The van der Waals surface area contributed by atoms with Crippen LogP contribution in [-0.2, 0) is 0 Å². The monoisotopic (exact) mass is 189 g/mol. The third-order valence-electron chi connectivity index (χ3n) is 1.58. The standard InChI is InChI=1S/C7H5F2NO3/c1-3-4(8)2-5(11)7(6(3)9)10(12)13/h2,11H,1H3. The summed E-state index contributed by atoms with van der Waals surface area (Å²) in [6.07, 6.45) is 0. The van der Waals surface area contributed by atoms with Gasteiger partial charge >= 0.3 is 5.69 Å². The molecule has 0 aromatic heterocycles. The average Bonchev–Trinajstić information content (AvgIpc) is 1.99. The SMILES string of the molecule is Cc1c(F)cc(O)c([N+](=O)[O-])c1F. The normalized spacial score (nSPS) is 10.1. The van der Waals surface area contributed by atoms with Crippen LogP contribution >= 0.6 is 0 Å². The molecule has 0 radical (unpaired) electrons. The Morgan fingerprint density at radius 2 is 2.08 bits per heavy atom. The molecular formula is C7H5F2NO3. The quantitative estimate of drug-likeness (QED) is 0.541. The summed E-state index contributed by atoms with van der Waals surface area (Å²) in [6.45, 7) is 1.05. The van der Waals surface area contributed by atoms with Gasteiger partial charge in [-0.15, -0.1) is 0 Å². The molecule has 1 N–H and O–H groups in total. The Bertz CT molecular complexity index is 378. The van der Waals surface area contributed by atoms with Crippen molar-refractivity contribution in [1.29, 1.82) is 0 Å². The van der Waals surface area contributed by atoms with Crippen molar-refractivity contribution in [3.05, 3.63) is 33.4 Å². The Kier molecular flexibility index (Phi) is 2.14. The molecule has 1 rings (SSSR count). The van der Waals surface area contributed by atoms with Crippen LogP contribution in [0.25, 0.3) is 0 Å². The van der Waals surface area contributed by atoms with Crippen LogP contribution in [0.4, 0.5) is 14.5 Å². The van der Waals surface area contributed by atoms with Crippen molar-refractivity contribution in [2.75, 3.05) is 0 Å². The van der Waals surface area contributed by atoms with E-state index in [-0.39, 0.29) is 0 Å². The lowest BCUT2D eigenvalue weighted by Gasteiger charge is -2.01. The Balaban J connectivity index is 3.53. The van der Waals surface area contributed by atoms with Gasteiger partial charge in [0.25, 0.3) is 0 Å². The summed E-state index contributed by atoms with van der Waals surface area (Å²) in [5.41, 5.74) is -1.58. The number of phenolic OH excluding ortho intramolecular Hbond substituents is 1. The van der Waals surface area contributed by atoms with Crippen LogP contribution in [0.2, 0.25) is 0 Å². The maximum Gasteiger partial charge on any atom is 0.346 e. The van der Waals surface area contributed by atoms with E-state index in [1.54, 1.807) is 0 Å². The second-order valence-corrected chi connectivity index (χ2v) is 2.42. The van der Waals surface area contributed by atoms with Gasteiger partial charge in [-0.05, 0) is 6.92 Å². The molecule has 0 aliphatic rings. The molecule has 0 amide bonds. The van der Waals surface area contributed by atoms with Crippen molar-refractivity contribution >= 4 is 5.69 Å². The van der Waals surface area contributed by atoms with Gasteiger partial charge in [-0.25, -0.2) is 4.39 Å². The highest BCUT2D eigenvalue weighted by atomic mass is 19.1. The van der Waals surface area contributed by atoms with Gasteiger partial charge in [0.05, 0.1) is 4.92 Å². The summed E-state index contributed by atoms with van der Waals surface area (Å²) in [7, 11) is 0. The maximum atomic E-state index is 12.9. The number of phenols is 1. The van der Waals surface area contributed by atoms with E-state index in [0.717, 1.165) is 6.92 Å². The third kappa shape index (κ3) is 1.42. The molecule has 6 heteroatoms. The molecule has 0 saturated carbocycles. The summed E-state index contributed by atoms with van der Waals surface area (Å²) in [5.74, 6) is -3.37. The molecule has 1 aromatic carbocycles. The Hall–Kier alpha value is -1.72. The van der Waals surface area contributed by atoms with Crippen molar-refractivity contribution in [1.82, 2.24) is 0 Å². The molecule has 0 aliphatic carbocycles. The van der Waals surface area contributed by atoms with Crippen molar-refractivity contribution in [2.45, 2.75) is 6.92 Å². The number of nitro groups is 1. The van der Waals surface area contributed by atoms with Gasteiger partial charge in [0.1, 0.15) is 5.82 Å². The van der Waals surface area contributed by atoms with Crippen LogP contribution in [0.3, 0.4) is 0 Å². The summed E-state index contributed by atoms with van der Waals surface area (Å²) >= 11 is 0. The molecule has 1 aromatic rings. The fourth-order valence-electron chi connectivity index (χ4n) is 0.865. The van der Waals surface area contributed by atoms with Gasteiger partial charge in [0.15, 0.2) is 0 Å². The first-order chi connectivity index (χ1) is 5.95. The highest BCUT2D eigenvalue weighted by molar-refractivity contribution is 5.49. The Morgan fingerprint density at radius 3 is 2.54 bits per heavy atom. The minimum atomic E-state index is -1.34. The van der Waals surface area contributed by atoms with E-state index in [0.29, 0.717) is 6.07 Å². The van der Waals surface area contributed by atoms with E-state index in [2.05, 4.69) is 0 Å². The van der Waals surface area contributed by atoms with E-state index in [1.807, 2.05) is 0 Å². The molecule has 0 fully saturated rings. The van der Waals surface area contributed by atoms with E-state index in [9.17, 15) is 18.9 Å². The number of halogens is 2. The van der Waals surface area contributed by atoms with Gasteiger partial charge in [0.2, 0.25) is 11.6 Å². The lowest BCUT2D eigenvalue weighted by Crippen LogP contribution is -1.97. The maximum absolute atomic E-state index is 12.9. The minimum absolute atomic E-state index is 0.482.